The molecule has 0 aliphatic carbocycles. The minimum Gasteiger partial charge on any atom is -0.384 e. The van der Waals surface area contributed by atoms with Crippen molar-refractivity contribution in [2.24, 2.45) is 17.8 Å². The van der Waals surface area contributed by atoms with Crippen LogP contribution in [0.1, 0.15) is 18.9 Å². The number of amides is 2. The Balaban J connectivity index is 2.16. The number of hydrogen-bond acceptors (Lipinski definition) is 3. The Morgan fingerprint density at radius 2 is 2.00 bits per heavy atom. The first kappa shape index (κ1) is 14.7. The molecule has 108 valence electrons. The van der Waals surface area contributed by atoms with Crippen LogP contribution in [0, 0.1) is 17.8 Å². The Labute approximate surface area is 119 Å². The van der Waals surface area contributed by atoms with Gasteiger partial charge < -0.3 is 4.74 Å². The van der Waals surface area contributed by atoms with Crippen LogP contribution in [-0.4, -0.2) is 25.5 Å². The highest BCUT2D eigenvalue weighted by Crippen LogP contribution is 2.31. The van der Waals surface area contributed by atoms with E-state index in [-0.39, 0.29) is 29.6 Å². The van der Waals surface area contributed by atoms with Crippen molar-refractivity contribution in [3.63, 3.8) is 0 Å². The quantitative estimate of drug-likeness (QED) is 0.834. The van der Waals surface area contributed by atoms with Gasteiger partial charge in [-0.1, -0.05) is 37.3 Å². The van der Waals surface area contributed by atoms with Crippen LogP contribution in [0.5, 0.6) is 0 Å². The monoisotopic (exact) mass is 275 g/mol. The van der Waals surface area contributed by atoms with Gasteiger partial charge in [0.1, 0.15) is 0 Å². The zero-order valence-corrected chi connectivity index (χ0v) is 12.0. The van der Waals surface area contributed by atoms with E-state index in [0.717, 1.165) is 5.56 Å². The lowest BCUT2D eigenvalue weighted by atomic mass is 9.75. The molecule has 4 heteroatoms. The molecular formula is C16H21NO3. The van der Waals surface area contributed by atoms with E-state index < -0.39 is 0 Å². The molecule has 0 spiro atoms. The molecule has 4 nitrogen and oxygen atoms in total. The van der Waals surface area contributed by atoms with Gasteiger partial charge in [-0.25, -0.2) is 0 Å². The van der Waals surface area contributed by atoms with Crippen molar-refractivity contribution >= 4 is 11.8 Å². The number of carbonyl (C=O) groups is 2. The van der Waals surface area contributed by atoms with Crippen molar-refractivity contribution in [2.75, 3.05) is 13.7 Å². The number of ether oxygens (including phenoxy) is 1. The van der Waals surface area contributed by atoms with Gasteiger partial charge in [-0.05, 0) is 23.8 Å². The molecule has 2 rings (SSSR count). The Bertz CT molecular complexity index is 472. The Hall–Kier alpha value is -1.68. The minimum atomic E-state index is -0.174. The Morgan fingerprint density at radius 1 is 1.30 bits per heavy atom. The van der Waals surface area contributed by atoms with E-state index in [2.05, 4.69) is 5.32 Å². The highest BCUT2D eigenvalue weighted by atomic mass is 16.5. The van der Waals surface area contributed by atoms with E-state index >= 15 is 0 Å². The Kier molecular flexibility index (Phi) is 4.90. The number of imide groups is 1. The van der Waals surface area contributed by atoms with Crippen molar-refractivity contribution in [2.45, 2.75) is 19.8 Å². The molecule has 1 fully saturated rings. The number of piperidine rings is 1. The van der Waals surface area contributed by atoms with E-state index in [9.17, 15) is 9.59 Å². The average Bonchev–Trinajstić information content (AvgIpc) is 2.43. The molecular weight excluding hydrogens is 254 g/mol. The number of hydrogen-bond donors (Lipinski definition) is 1. The van der Waals surface area contributed by atoms with Crippen molar-refractivity contribution in [3.8, 4) is 0 Å². The van der Waals surface area contributed by atoms with Crippen LogP contribution in [0.25, 0.3) is 0 Å². The number of benzene rings is 1. The van der Waals surface area contributed by atoms with E-state index in [1.165, 1.54) is 0 Å². The van der Waals surface area contributed by atoms with E-state index in [1.54, 1.807) is 7.11 Å². The fourth-order valence-electron chi connectivity index (χ4n) is 2.93. The number of rotatable bonds is 5. The topological polar surface area (TPSA) is 55.4 Å². The lowest BCUT2D eigenvalue weighted by Crippen LogP contribution is -2.48. The lowest BCUT2D eigenvalue weighted by Gasteiger charge is -2.34. The van der Waals surface area contributed by atoms with Crippen LogP contribution < -0.4 is 5.32 Å². The zero-order chi connectivity index (χ0) is 14.5. The van der Waals surface area contributed by atoms with E-state index in [0.29, 0.717) is 19.4 Å². The summed E-state index contributed by atoms with van der Waals surface area (Å²) in [6, 6.07) is 9.92. The molecule has 2 amide bonds. The largest absolute Gasteiger partial charge is 0.384 e. The molecule has 0 aromatic heterocycles. The molecule has 0 saturated carbocycles. The van der Waals surface area contributed by atoms with E-state index in [4.69, 9.17) is 4.74 Å². The molecule has 0 radical (unpaired) electrons. The van der Waals surface area contributed by atoms with E-state index in [1.807, 2.05) is 37.3 Å². The van der Waals surface area contributed by atoms with Crippen LogP contribution in [0.4, 0.5) is 0 Å². The highest BCUT2D eigenvalue weighted by molar-refractivity contribution is 5.99. The van der Waals surface area contributed by atoms with Crippen molar-refractivity contribution < 1.29 is 14.3 Å². The maximum atomic E-state index is 12.2. The minimum absolute atomic E-state index is 0.0383. The van der Waals surface area contributed by atoms with Gasteiger partial charge in [0, 0.05) is 26.1 Å². The molecule has 1 aliphatic heterocycles. The molecule has 1 aliphatic rings. The summed E-state index contributed by atoms with van der Waals surface area (Å²) in [7, 11) is 1.65. The van der Waals surface area contributed by atoms with Gasteiger partial charge in [-0.15, -0.1) is 0 Å². The molecule has 20 heavy (non-hydrogen) atoms. The SMILES string of the molecule is COCC(C)C1CC(=O)NC(=O)C1Cc1ccccc1. The molecule has 1 heterocycles. The third kappa shape index (κ3) is 3.45. The standard InChI is InChI=1S/C16H21NO3/c1-11(10-20-2)13-9-15(18)17-16(19)14(13)8-12-6-4-3-5-7-12/h3-7,11,13-14H,8-10H2,1-2H3,(H,17,18,19). The number of nitrogens with one attached hydrogen (secondary N) is 1. The maximum absolute atomic E-state index is 12.2. The third-order valence-electron chi connectivity index (χ3n) is 4.00. The van der Waals surface area contributed by atoms with Crippen LogP contribution >= 0.6 is 0 Å². The fourth-order valence-corrected chi connectivity index (χ4v) is 2.93. The second kappa shape index (κ2) is 6.66. The molecule has 3 atom stereocenters. The van der Waals surface area contributed by atoms with Crippen molar-refractivity contribution in [1.29, 1.82) is 0 Å². The first-order chi connectivity index (χ1) is 9.61. The first-order valence-corrected chi connectivity index (χ1v) is 6.98. The van der Waals surface area contributed by atoms with Crippen LogP contribution in [-0.2, 0) is 20.7 Å². The molecule has 1 saturated heterocycles. The molecule has 3 unspecified atom stereocenters. The summed E-state index contributed by atoms with van der Waals surface area (Å²) in [5.41, 5.74) is 1.12. The molecule has 1 aromatic carbocycles. The number of methoxy groups -OCH3 is 1. The number of carbonyl (C=O) groups excluding carboxylic acids is 2. The predicted octanol–water partition coefficient (Wildman–Crippen LogP) is 1.79. The third-order valence-corrected chi connectivity index (χ3v) is 4.00. The second-order valence-electron chi connectivity index (χ2n) is 5.51. The van der Waals surface area contributed by atoms with Crippen LogP contribution in [0.2, 0.25) is 0 Å². The molecule has 1 N–H and O–H groups in total. The smallest absolute Gasteiger partial charge is 0.230 e. The first-order valence-electron chi connectivity index (χ1n) is 6.98. The fraction of sp³-hybridized carbons (Fsp3) is 0.500. The van der Waals surface area contributed by atoms with Crippen LogP contribution in [0.15, 0.2) is 30.3 Å². The van der Waals surface area contributed by atoms with Gasteiger partial charge in [0.05, 0.1) is 0 Å². The van der Waals surface area contributed by atoms with Gasteiger partial charge in [0.25, 0.3) is 0 Å². The van der Waals surface area contributed by atoms with Gasteiger partial charge in [0.2, 0.25) is 11.8 Å². The summed E-state index contributed by atoms with van der Waals surface area (Å²) in [4.78, 5) is 23.8. The van der Waals surface area contributed by atoms with Crippen molar-refractivity contribution in [1.82, 2.24) is 5.32 Å². The van der Waals surface area contributed by atoms with Gasteiger partial charge in [-0.3, -0.25) is 14.9 Å². The maximum Gasteiger partial charge on any atom is 0.230 e. The zero-order valence-electron chi connectivity index (χ0n) is 12.0. The summed E-state index contributed by atoms with van der Waals surface area (Å²) in [6.07, 6.45) is 1.06. The summed E-state index contributed by atoms with van der Waals surface area (Å²) in [5, 5.41) is 2.46. The molecule has 0 bridgehead atoms. The summed E-state index contributed by atoms with van der Waals surface area (Å²) in [6.45, 7) is 2.61. The van der Waals surface area contributed by atoms with Crippen molar-refractivity contribution in [3.05, 3.63) is 35.9 Å². The highest BCUT2D eigenvalue weighted by Gasteiger charge is 2.38. The predicted molar refractivity (Wildman–Crippen MR) is 75.9 cm³/mol. The van der Waals surface area contributed by atoms with Gasteiger partial charge >= 0.3 is 0 Å². The Morgan fingerprint density at radius 3 is 2.65 bits per heavy atom. The van der Waals surface area contributed by atoms with Crippen LogP contribution in [0.3, 0.4) is 0 Å². The molecule has 1 aromatic rings. The van der Waals surface area contributed by atoms with Gasteiger partial charge in [-0.2, -0.15) is 0 Å². The normalized spacial score (nSPS) is 24.3. The average molecular weight is 275 g/mol. The van der Waals surface area contributed by atoms with Gasteiger partial charge in [0.15, 0.2) is 0 Å². The summed E-state index contributed by atoms with van der Waals surface area (Å²) in [5.74, 6) is -0.273. The lowest BCUT2D eigenvalue weighted by molar-refractivity contribution is -0.140. The summed E-state index contributed by atoms with van der Waals surface area (Å²) >= 11 is 0. The second-order valence-corrected chi connectivity index (χ2v) is 5.51. The summed E-state index contributed by atoms with van der Waals surface area (Å²) < 4.78 is 5.18.